The Morgan fingerprint density at radius 2 is 1.78 bits per heavy atom. The monoisotopic (exact) mass is 249 g/mol. The van der Waals surface area contributed by atoms with Gasteiger partial charge in [0.15, 0.2) is 5.78 Å². The molecular formula is C15H23NO2. The van der Waals surface area contributed by atoms with Crippen LogP contribution in [0, 0.1) is 5.92 Å². The van der Waals surface area contributed by atoms with Gasteiger partial charge in [-0.1, -0.05) is 13.8 Å². The van der Waals surface area contributed by atoms with E-state index in [1.54, 1.807) is 24.3 Å². The second-order valence-electron chi connectivity index (χ2n) is 5.36. The largest absolute Gasteiger partial charge is 0.508 e. The third-order valence-electron chi connectivity index (χ3n) is 3.15. The first-order chi connectivity index (χ1) is 8.40. The van der Waals surface area contributed by atoms with Crippen molar-refractivity contribution in [2.75, 3.05) is 13.6 Å². The minimum Gasteiger partial charge on any atom is -0.508 e. The van der Waals surface area contributed by atoms with Gasteiger partial charge in [-0.25, -0.2) is 0 Å². The number of Topliss-reactive ketones (excluding diaryl/α,β-unsaturated/α-hetero) is 1. The van der Waals surface area contributed by atoms with Gasteiger partial charge in [0.25, 0.3) is 0 Å². The number of carbonyl (C=O) groups is 1. The number of hydrogen-bond acceptors (Lipinski definition) is 3. The molecule has 0 heterocycles. The summed E-state index contributed by atoms with van der Waals surface area (Å²) in [6.45, 7) is 6.93. The van der Waals surface area contributed by atoms with Crippen molar-refractivity contribution in [2.24, 2.45) is 5.92 Å². The molecule has 1 rings (SSSR count). The Morgan fingerprint density at radius 3 is 2.28 bits per heavy atom. The molecule has 0 fully saturated rings. The molecule has 0 radical (unpaired) electrons. The lowest BCUT2D eigenvalue weighted by molar-refractivity contribution is 0.0916. The molecular weight excluding hydrogens is 226 g/mol. The van der Waals surface area contributed by atoms with Crippen molar-refractivity contribution in [1.82, 2.24) is 4.90 Å². The number of phenolic OH excluding ortho intramolecular Hbond substituents is 1. The van der Waals surface area contributed by atoms with Crippen molar-refractivity contribution in [1.29, 1.82) is 0 Å². The maximum Gasteiger partial charge on any atom is 0.176 e. The maximum absolute atomic E-state index is 12.0. The summed E-state index contributed by atoms with van der Waals surface area (Å²) in [6, 6.07) is 6.82. The third kappa shape index (κ3) is 4.49. The van der Waals surface area contributed by atoms with E-state index >= 15 is 0 Å². The van der Waals surface area contributed by atoms with E-state index in [2.05, 4.69) is 25.7 Å². The lowest BCUT2D eigenvalue weighted by Gasteiger charge is -2.25. The zero-order valence-electron chi connectivity index (χ0n) is 11.7. The molecule has 0 saturated heterocycles. The molecule has 0 saturated carbocycles. The molecule has 3 nitrogen and oxygen atoms in total. The predicted molar refractivity (Wildman–Crippen MR) is 74.0 cm³/mol. The standard InChI is InChI=1S/C15H23NO2/c1-11(2)9-12(3)16(4)10-15(18)13-5-7-14(17)8-6-13/h5-8,11-12,17H,9-10H2,1-4H3. The van der Waals surface area contributed by atoms with Crippen LogP contribution in [0.15, 0.2) is 24.3 Å². The summed E-state index contributed by atoms with van der Waals surface area (Å²) in [5.41, 5.74) is 0.649. The number of likely N-dealkylation sites (N-methyl/N-ethyl adjacent to an activating group) is 1. The Labute approximate surface area is 109 Å². The summed E-state index contributed by atoms with van der Waals surface area (Å²) in [5, 5.41) is 9.19. The maximum atomic E-state index is 12.0. The highest BCUT2D eigenvalue weighted by Crippen LogP contribution is 2.13. The van der Waals surface area contributed by atoms with Crippen molar-refractivity contribution in [2.45, 2.75) is 33.2 Å². The van der Waals surface area contributed by atoms with Crippen molar-refractivity contribution in [3.63, 3.8) is 0 Å². The third-order valence-corrected chi connectivity index (χ3v) is 3.15. The van der Waals surface area contributed by atoms with Crippen molar-refractivity contribution in [3.8, 4) is 5.75 Å². The van der Waals surface area contributed by atoms with Gasteiger partial charge in [-0.15, -0.1) is 0 Å². The topological polar surface area (TPSA) is 40.5 Å². The van der Waals surface area contributed by atoms with Gasteiger partial charge in [0.1, 0.15) is 5.75 Å². The predicted octanol–water partition coefficient (Wildman–Crippen LogP) is 2.94. The SMILES string of the molecule is CC(C)CC(C)N(C)CC(=O)c1ccc(O)cc1. The second kappa shape index (κ2) is 6.55. The van der Waals surface area contributed by atoms with Gasteiger partial charge >= 0.3 is 0 Å². The van der Waals surface area contributed by atoms with Gasteiger partial charge in [0.05, 0.1) is 6.54 Å². The van der Waals surface area contributed by atoms with Crippen LogP contribution in [0.25, 0.3) is 0 Å². The number of ketones is 1. The molecule has 3 heteroatoms. The molecule has 0 aromatic heterocycles. The lowest BCUT2D eigenvalue weighted by atomic mass is 10.0. The molecule has 0 aliphatic rings. The van der Waals surface area contributed by atoms with Crippen LogP contribution in [0.3, 0.4) is 0 Å². The van der Waals surface area contributed by atoms with Gasteiger partial charge in [-0.2, -0.15) is 0 Å². The van der Waals surface area contributed by atoms with Crippen LogP contribution in [-0.2, 0) is 0 Å². The van der Waals surface area contributed by atoms with Crippen LogP contribution in [0.1, 0.15) is 37.6 Å². The molecule has 0 aliphatic heterocycles. The van der Waals surface area contributed by atoms with Gasteiger partial charge in [0.2, 0.25) is 0 Å². The van der Waals surface area contributed by atoms with Crippen LogP contribution < -0.4 is 0 Å². The summed E-state index contributed by atoms with van der Waals surface area (Å²) < 4.78 is 0. The molecule has 0 bridgehead atoms. The zero-order valence-corrected chi connectivity index (χ0v) is 11.7. The van der Waals surface area contributed by atoms with E-state index in [-0.39, 0.29) is 11.5 Å². The Bertz CT molecular complexity index is 384. The van der Waals surface area contributed by atoms with E-state index in [1.165, 1.54) is 0 Å². The zero-order chi connectivity index (χ0) is 13.7. The number of carbonyl (C=O) groups excluding carboxylic acids is 1. The van der Waals surface area contributed by atoms with Crippen molar-refractivity contribution >= 4 is 5.78 Å². The number of rotatable bonds is 6. The number of aromatic hydroxyl groups is 1. The van der Waals surface area contributed by atoms with Gasteiger partial charge in [0, 0.05) is 11.6 Å². The number of benzene rings is 1. The quantitative estimate of drug-likeness (QED) is 0.788. The van der Waals surface area contributed by atoms with E-state index in [4.69, 9.17) is 0 Å². The summed E-state index contributed by atoms with van der Waals surface area (Å²) in [4.78, 5) is 14.1. The van der Waals surface area contributed by atoms with Gasteiger partial charge in [-0.05, 0) is 50.6 Å². The molecule has 0 spiro atoms. The normalized spacial score (nSPS) is 13.0. The first kappa shape index (κ1) is 14.7. The molecule has 100 valence electrons. The summed E-state index contributed by atoms with van der Waals surface area (Å²) in [7, 11) is 1.98. The first-order valence-electron chi connectivity index (χ1n) is 6.42. The average molecular weight is 249 g/mol. The number of hydrogen-bond donors (Lipinski definition) is 1. The molecule has 1 unspecified atom stereocenters. The Hall–Kier alpha value is -1.35. The summed E-state index contributed by atoms with van der Waals surface area (Å²) in [6.07, 6.45) is 1.08. The molecule has 1 atom stereocenters. The van der Waals surface area contributed by atoms with E-state index in [0.717, 1.165) is 6.42 Å². The number of phenols is 1. The van der Waals surface area contributed by atoms with Gasteiger partial charge in [-0.3, -0.25) is 9.69 Å². The van der Waals surface area contributed by atoms with E-state index in [9.17, 15) is 9.90 Å². The van der Waals surface area contributed by atoms with E-state index in [0.29, 0.717) is 24.1 Å². The number of nitrogens with zero attached hydrogens (tertiary/aromatic N) is 1. The Morgan fingerprint density at radius 1 is 1.22 bits per heavy atom. The van der Waals surface area contributed by atoms with Crippen molar-refractivity contribution < 1.29 is 9.90 Å². The van der Waals surface area contributed by atoms with Gasteiger partial charge < -0.3 is 5.11 Å². The summed E-state index contributed by atoms with van der Waals surface area (Å²) in [5.74, 6) is 0.910. The molecule has 1 aromatic rings. The van der Waals surface area contributed by atoms with Crippen LogP contribution >= 0.6 is 0 Å². The average Bonchev–Trinajstić information content (AvgIpc) is 2.28. The minimum absolute atomic E-state index is 0.0908. The molecule has 1 aromatic carbocycles. The highest BCUT2D eigenvalue weighted by atomic mass is 16.3. The molecule has 0 aliphatic carbocycles. The smallest absolute Gasteiger partial charge is 0.176 e. The Balaban J connectivity index is 2.56. The van der Waals surface area contributed by atoms with E-state index < -0.39 is 0 Å². The first-order valence-corrected chi connectivity index (χ1v) is 6.42. The fourth-order valence-corrected chi connectivity index (χ4v) is 1.98. The summed E-state index contributed by atoms with van der Waals surface area (Å²) >= 11 is 0. The fraction of sp³-hybridized carbons (Fsp3) is 0.533. The second-order valence-corrected chi connectivity index (χ2v) is 5.36. The van der Waals surface area contributed by atoms with Crippen molar-refractivity contribution in [3.05, 3.63) is 29.8 Å². The highest BCUT2D eigenvalue weighted by Gasteiger charge is 2.15. The van der Waals surface area contributed by atoms with Crippen LogP contribution in [0.5, 0.6) is 5.75 Å². The fourth-order valence-electron chi connectivity index (χ4n) is 1.98. The van der Waals surface area contributed by atoms with Crippen LogP contribution in [-0.4, -0.2) is 35.4 Å². The molecule has 0 amide bonds. The Kier molecular flexibility index (Phi) is 5.35. The van der Waals surface area contributed by atoms with Crippen LogP contribution in [0.2, 0.25) is 0 Å². The molecule has 1 N–H and O–H groups in total. The lowest BCUT2D eigenvalue weighted by Crippen LogP contribution is -2.34. The minimum atomic E-state index is 0.0908. The van der Waals surface area contributed by atoms with E-state index in [1.807, 2.05) is 7.05 Å². The highest BCUT2D eigenvalue weighted by molar-refractivity contribution is 5.97. The van der Waals surface area contributed by atoms with Crippen LogP contribution in [0.4, 0.5) is 0 Å². The molecule has 18 heavy (non-hydrogen) atoms.